The van der Waals surface area contributed by atoms with Gasteiger partial charge in [0, 0.05) is 23.8 Å². The van der Waals surface area contributed by atoms with Crippen molar-refractivity contribution in [2.75, 3.05) is 31.6 Å². The summed E-state index contributed by atoms with van der Waals surface area (Å²) in [6, 6.07) is 6.89. The standard InChI is InChI=1S/C12H14ClN3O2S/c13-9-2-1-3-10(8-9)15-12(17)18-7-6-16-5-4-14-11(16)19/h1-3,8H,4-7H2,(H,14,19)(H,15,17). The lowest BCUT2D eigenvalue weighted by molar-refractivity contribution is 0.154. The van der Waals surface area contributed by atoms with Crippen LogP contribution in [-0.2, 0) is 4.74 Å². The molecule has 1 amide bonds. The fraction of sp³-hybridized carbons (Fsp3) is 0.333. The molecule has 1 aliphatic rings. The number of halogens is 1. The van der Waals surface area contributed by atoms with Gasteiger partial charge in [-0.1, -0.05) is 17.7 Å². The normalized spacial score (nSPS) is 14.2. The van der Waals surface area contributed by atoms with E-state index in [4.69, 9.17) is 28.6 Å². The Morgan fingerprint density at radius 3 is 3.11 bits per heavy atom. The molecule has 7 heteroatoms. The van der Waals surface area contributed by atoms with Crippen LogP contribution >= 0.6 is 23.8 Å². The van der Waals surface area contributed by atoms with Crippen molar-refractivity contribution in [1.82, 2.24) is 10.2 Å². The van der Waals surface area contributed by atoms with Gasteiger partial charge in [-0.3, -0.25) is 5.32 Å². The molecule has 102 valence electrons. The van der Waals surface area contributed by atoms with Crippen LogP contribution < -0.4 is 10.6 Å². The van der Waals surface area contributed by atoms with Gasteiger partial charge in [0.25, 0.3) is 0 Å². The highest BCUT2D eigenvalue weighted by molar-refractivity contribution is 7.80. The second-order valence-corrected chi connectivity index (χ2v) is 4.81. The van der Waals surface area contributed by atoms with E-state index in [9.17, 15) is 4.79 Å². The number of rotatable bonds is 4. The summed E-state index contributed by atoms with van der Waals surface area (Å²) < 4.78 is 5.07. The Kier molecular flexibility index (Phi) is 4.81. The second-order valence-electron chi connectivity index (χ2n) is 3.99. The average molecular weight is 300 g/mol. The maximum atomic E-state index is 11.5. The van der Waals surface area contributed by atoms with Gasteiger partial charge in [-0.05, 0) is 30.4 Å². The van der Waals surface area contributed by atoms with E-state index in [0.717, 1.165) is 13.1 Å². The van der Waals surface area contributed by atoms with E-state index >= 15 is 0 Å². The number of nitrogens with one attached hydrogen (secondary N) is 2. The molecule has 1 heterocycles. The lowest BCUT2D eigenvalue weighted by Crippen LogP contribution is -2.32. The van der Waals surface area contributed by atoms with Crippen LogP contribution in [0, 0.1) is 0 Å². The highest BCUT2D eigenvalue weighted by Crippen LogP contribution is 2.14. The Labute approximate surface area is 121 Å². The van der Waals surface area contributed by atoms with Crippen molar-refractivity contribution in [1.29, 1.82) is 0 Å². The SMILES string of the molecule is O=C(Nc1cccc(Cl)c1)OCCN1CCNC1=S. The third kappa shape index (κ3) is 4.25. The molecule has 0 atom stereocenters. The molecular formula is C12H14ClN3O2S. The van der Waals surface area contributed by atoms with E-state index in [2.05, 4.69) is 10.6 Å². The van der Waals surface area contributed by atoms with Gasteiger partial charge in [0.15, 0.2) is 5.11 Å². The second kappa shape index (κ2) is 6.58. The van der Waals surface area contributed by atoms with Crippen molar-refractivity contribution in [2.45, 2.75) is 0 Å². The lowest BCUT2D eigenvalue weighted by atomic mass is 10.3. The molecule has 2 N–H and O–H groups in total. The van der Waals surface area contributed by atoms with Gasteiger partial charge in [-0.15, -0.1) is 0 Å². The van der Waals surface area contributed by atoms with Gasteiger partial charge in [0.1, 0.15) is 6.61 Å². The summed E-state index contributed by atoms with van der Waals surface area (Å²) in [6.07, 6.45) is -0.500. The van der Waals surface area contributed by atoms with Crippen LogP contribution in [0.5, 0.6) is 0 Å². The summed E-state index contributed by atoms with van der Waals surface area (Å²) in [5.41, 5.74) is 0.607. The fourth-order valence-corrected chi connectivity index (χ4v) is 2.17. The van der Waals surface area contributed by atoms with Crippen LogP contribution in [0.15, 0.2) is 24.3 Å². The average Bonchev–Trinajstić information content (AvgIpc) is 2.75. The number of nitrogens with zero attached hydrogens (tertiary/aromatic N) is 1. The van der Waals surface area contributed by atoms with Crippen LogP contribution in [-0.4, -0.2) is 42.3 Å². The molecule has 0 radical (unpaired) electrons. The first-order valence-electron chi connectivity index (χ1n) is 5.87. The molecule has 0 saturated carbocycles. The molecule has 19 heavy (non-hydrogen) atoms. The Bertz CT molecular complexity index is 484. The summed E-state index contributed by atoms with van der Waals surface area (Å²) in [6.45, 7) is 2.56. The van der Waals surface area contributed by atoms with E-state index in [-0.39, 0.29) is 6.61 Å². The zero-order valence-electron chi connectivity index (χ0n) is 10.2. The summed E-state index contributed by atoms with van der Waals surface area (Å²) >= 11 is 10.9. The Balaban J connectivity index is 1.71. The fourth-order valence-electron chi connectivity index (χ4n) is 1.69. The van der Waals surface area contributed by atoms with Gasteiger partial charge >= 0.3 is 6.09 Å². The molecule has 2 rings (SSSR count). The molecule has 0 aliphatic carbocycles. The quantitative estimate of drug-likeness (QED) is 0.834. The Hall–Kier alpha value is -1.53. The van der Waals surface area contributed by atoms with Crippen molar-refractivity contribution in [3.63, 3.8) is 0 Å². The van der Waals surface area contributed by atoms with Crippen molar-refractivity contribution < 1.29 is 9.53 Å². The van der Waals surface area contributed by atoms with Crippen molar-refractivity contribution in [3.05, 3.63) is 29.3 Å². The minimum absolute atomic E-state index is 0.286. The number of thiocarbonyl (C=S) groups is 1. The molecule has 1 aromatic carbocycles. The number of anilines is 1. The number of carbonyl (C=O) groups excluding carboxylic acids is 1. The van der Waals surface area contributed by atoms with Crippen LogP contribution in [0.4, 0.5) is 10.5 Å². The number of carbonyl (C=O) groups is 1. The first kappa shape index (κ1) is 13.9. The van der Waals surface area contributed by atoms with Gasteiger partial charge in [-0.2, -0.15) is 0 Å². The van der Waals surface area contributed by atoms with E-state index < -0.39 is 6.09 Å². The predicted octanol–water partition coefficient (Wildman–Crippen LogP) is 2.08. The third-order valence-corrected chi connectivity index (χ3v) is 3.25. The highest BCUT2D eigenvalue weighted by Gasteiger charge is 2.15. The maximum Gasteiger partial charge on any atom is 0.411 e. The first-order valence-corrected chi connectivity index (χ1v) is 6.66. The smallest absolute Gasteiger partial charge is 0.411 e. The Morgan fingerprint density at radius 1 is 1.58 bits per heavy atom. The van der Waals surface area contributed by atoms with Gasteiger partial charge in [0.2, 0.25) is 0 Å². The number of hydrogen-bond donors (Lipinski definition) is 2. The van der Waals surface area contributed by atoms with E-state index in [1.165, 1.54) is 0 Å². The molecule has 1 aliphatic heterocycles. The van der Waals surface area contributed by atoms with Gasteiger partial charge in [-0.25, -0.2) is 4.79 Å². The van der Waals surface area contributed by atoms with Crippen LogP contribution in [0.25, 0.3) is 0 Å². The van der Waals surface area contributed by atoms with Crippen LogP contribution in [0.3, 0.4) is 0 Å². The lowest BCUT2D eigenvalue weighted by Gasteiger charge is -2.16. The van der Waals surface area contributed by atoms with E-state index in [0.29, 0.717) is 22.4 Å². The van der Waals surface area contributed by atoms with Gasteiger partial charge in [0.05, 0.1) is 6.54 Å². The molecule has 1 fully saturated rings. The summed E-state index contributed by atoms with van der Waals surface area (Å²) in [5, 5.41) is 6.92. The summed E-state index contributed by atoms with van der Waals surface area (Å²) in [7, 11) is 0. The number of hydrogen-bond acceptors (Lipinski definition) is 3. The van der Waals surface area contributed by atoms with E-state index in [1.807, 2.05) is 4.90 Å². The highest BCUT2D eigenvalue weighted by atomic mass is 35.5. The van der Waals surface area contributed by atoms with E-state index in [1.54, 1.807) is 24.3 Å². The zero-order valence-corrected chi connectivity index (χ0v) is 11.8. The molecule has 5 nitrogen and oxygen atoms in total. The molecule has 0 spiro atoms. The zero-order chi connectivity index (χ0) is 13.7. The largest absolute Gasteiger partial charge is 0.447 e. The van der Waals surface area contributed by atoms with Crippen LogP contribution in [0.2, 0.25) is 5.02 Å². The Morgan fingerprint density at radius 2 is 2.42 bits per heavy atom. The minimum Gasteiger partial charge on any atom is -0.447 e. The molecule has 1 aromatic rings. The minimum atomic E-state index is -0.500. The van der Waals surface area contributed by atoms with Crippen molar-refractivity contribution >= 4 is 40.7 Å². The summed E-state index contributed by atoms with van der Waals surface area (Å²) in [5.74, 6) is 0. The molecule has 1 saturated heterocycles. The van der Waals surface area contributed by atoms with Crippen LogP contribution in [0.1, 0.15) is 0 Å². The molecule has 0 aromatic heterocycles. The maximum absolute atomic E-state index is 11.5. The molecular weight excluding hydrogens is 286 g/mol. The first-order chi connectivity index (χ1) is 9.15. The summed E-state index contributed by atoms with van der Waals surface area (Å²) in [4.78, 5) is 13.5. The number of amides is 1. The number of ether oxygens (including phenoxy) is 1. The molecule has 0 unspecified atom stereocenters. The van der Waals surface area contributed by atoms with Gasteiger partial charge < -0.3 is 15.0 Å². The molecule has 0 bridgehead atoms. The van der Waals surface area contributed by atoms with Crippen molar-refractivity contribution in [2.24, 2.45) is 0 Å². The predicted molar refractivity (Wildman–Crippen MR) is 78.6 cm³/mol. The number of benzene rings is 1. The van der Waals surface area contributed by atoms with Crippen molar-refractivity contribution in [3.8, 4) is 0 Å². The topological polar surface area (TPSA) is 53.6 Å². The third-order valence-electron chi connectivity index (χ3n) is 2.61. The monoisotopic (exact) mass is 299 g/mol.